The fourth-order valence-electron chi connectivity index (χ4n) is 1.19. The highest BCUT2D eigenvalue weighted by Crippen LogP contribution is 1.92. The third-order valence-corrected chi connectivity index (χ3v) is 1.96. The zero-order valence-corrected chi connectivity index (χ0v) is 9.57. The van der Waals surface area contributed by atoms with E-state index in [4.69, 9.17) is 4.74 Å². The van der Waals surface area contributed by atoms with Gasteiger partial charge in [-0.3, -0.25) is 0 Å². The monoisotopic (exact) mass is 212 g/mol. The Morgan fingerprint density at radius 2 is 2.27 bits per heavy atom. The smallest absolute Gasteiger partial charge is 0.0964 e. The second kappa shape index (κ2) is 7.36. The first kappa shape index (κ1) is 12.1. The average molecular weight is 212 g/mol. The van der Waals surface area contributed by atoms with Gasteiger partial charge < -0.3 is 10.1 Å². The van der Waals surface area contributed by atoms with Gasteiger partial charge in [-0.05, 0) is 13.0 Å². The van der Waals surface area contributed by atoms with E-state index in [1.165, 1.54) is 0 Å². The molecule has 1 aromatic heterocycles. The molecule has 0 saturated carbocycles. The number of rotatable bonds is 8. The Hall–Kier alpha value is -0.940. The molecule has 0 radical (unpaired) electrons. The van der Waals surface area contributed by atoms with Crippen molar-refractivity contribution >= 4 is 0 Å². The van der Waals surface area contributed by atoms with Crippen LogP contribution in [0.5, 0.6) is 0 Å². The highest BCUT2D eigenvalue weighted by atomic mass is 16.5. The molecular formula is C10H20N4O. The molecule has 1 heterocycles. The average Bonchev–Trinajstić information content (AvgIpc) is 2.69. The molecular weight excluding hydrogens is 192 g/mol. The molecule has 1 N–H and O–H groups in total. The van der Waals surface area contributed by atoms with Crippen molar-refractivity contribution in [2.24, 2.45) is 0 Å². The van der Waals surface area contributed by atoms with E-state index in [9.17, 15) is 0 Å². The van der Waals surface area contributed by atoms with E-state index in [1.807, 2.05) is 10.9 Å². The lowest BCUT2D eigenvalue weighted by Gasteiger charge is -2.01. The van der Waals surface area contributed by atoms with Crippen molar-refractivity contribution in [1.29, 1.82) is 0 Å². The van der Waals surface area contributed by atoms with E-state index < -0.39 is 0 Å². The fourth-order valence-corrected chi connectivity index (χ4v) is 1.19. The van der Waals surface area contributed by atoms with E-state index in [0.717, 1.165) is 38.4 Å². The molecule has 86 valence electrons. The van der Waals surface area contributed by atoms with Crippen LogP contribution in [-0.4, -0.2) is 34.8 Å². The van der Waals surface area contributed by atoms with Crippen LogP contribution in [-0.2, 0) is 17.8 Å². The third kappa shape index (κ3) is 4.90. The summed E-state index contributed by atoms with van der Waals surface area (Å²) < 4.78 is 7.19. The summed E-state index contributed by atoms with van der Waals surface area (Å²) in [5, 5.41) is 11.3. The number of nitrogens with one attached hydrogen (secondary N) is 1. The quantitative estimate of drug-likeness (QED) is 0.648. The lowest BCUT2D eigenvalue weighted by molar-refractivity contribution is 0.124. The van der Waals surface area contributed by atoms with Crippen LogP contribution in [0, 0.1) is 0 Å². The molecule has 1 aromatic rings. The molecule has 0 bridgehead atoms. The number of nitrogens with zero attached hydrogens (tertiary/aromatic N) is 3. The minimum atomic E-state index is 0.706. The van der Waals surface area contributed by atoms with Gasteiger partial charge in [-0.2, -0.15) is 0 Å². The Morgan fingerprint density at radius 3 is 3.00 bits per heavy atom. The van der Waals surface area contributed by atoms with Crippen LogP contribution in [0.4, 0.5) is 0 Å². The standard InChI is InChI=1S/C10H20N4O/c1-3-6-15-7-5-14-9-10(12-13-14)8-11-4-2/h9,11H,3-8H2,1-2H3. The molecule has 0 aliphatic heterocycles. The van der Waals surface area contributed by atoms with Crippen LogP contribution < -0.4 is 5.32 Å². The molecule has 1 rings (SSSR count). The summed E-state index contributed by atoms with van der Waals surface area (Å²) >= 11 is 0. The molecule has 5 nitrogen and oxygen atoms in total. The van der Waals surface area contributed by atoms with Gasteiger partial charge in [-0.1, -0.05) is 19.1 Å². The summed E-state index contributed by atoms with van der Waals surface area (Å²) in [6.45, 7) is 8.21. The molecule has 15 heavy (non-hydrogen) atoms. The number of hydrogen-bond donors (Lipinski definition) is 1. The largest absolute Gasteiger partial charge is 0.380 e. The van der Waals surface area contributed by atoms with Gasteiger partial charge in [-0.15, -0.1) is 5.10 Å². The van der Waals surface area contributed by atoms with Crippen LogP contribution in [0.25, 0.3) is 0 Å². The lowest BCUT2D eigenvalue weighted by Crippen LogP contribution is -2.11. The van der Waals surface area contributed by atoms with Crippen LogP contribution in [0.15, 0.2) is 6.20 Å². The van der Waals surface area contributed by atoms with E-state index in [-0.39, 0.29) is 0 Å². The first-order chi connectivity index (χ1) is 7.36. The Balaban J connectivity index is 2.20. The predicted molar refractivity (Wildman–Crippen MR) is 58.5 cm³/mol. The Labute approximate surface area is 90.8 Å². The number of hydrogen-bond acceptors (Lipinski definition) is 4. The summed E-state index contributed by atoms with van der Waals surface area (Å²) in [7, 11) is 0. The summed E-state index contributed by atoms with van der Waals surface area (Å²) in [5.41, 5.74) is 0.979. The van der Waals surface area contributed by atoms with Crippen molar-refractivity contribution in [3.8, 4) is 0 Å². The zero-order chi connectivity index (χ0) is 10.9. The summed E-state index contributed by atoms with van der Waals surface area (Å²) in [4.78, 5) is 0. The van der Waals surface area contributed by atoms with Gasteiger partial charge in [0.1, 0.15) is 0 Å². The maximum Gasteiger partial charge on any atom is 0.0964 e. The predicted octanol–water partition coefficient (Wildman–Crippen LogP) is 0.814. The van der Waals surface area contributed by atoms with Gasteiger partial charge in [0.05, 0.1) is 18.8 Å². The molecule has 0 aliphatic rings. The normalized spacial score (nSPS) is 10.8. The van der Waals surface area contributed by atoms with Crippen molar-refractivity contribution in [2.45, 2.75) is 33.4 Å². The van der Waals surface area contributed by atoms with Crippen molar-refractivity contribution in [3.05, 3.63) is 11.9 Å². The number of aromatic nitrogens is 3. The Kier molecular flexibility index (Phi) is 5.96. The summed E-state index contributed by atoms with van der Waals surface area (Å²) in [6.07, 6.45) is 3.01. The highest BCUT2D eigenvalue weighted by molar-refractivity contribution is 4.91. The molecule has 0 saturated heterocycles. The lowest BCUT2D eigenvalue weighted by atomic mass is 10.4. The molecule has 5 heteroatoms. The summed E-state index contributed by atoms with van der Waals surface area (Å²) in [6, 6.07) is 0. The molecule has 0 unspecified atom stereocenters. The van der Waals surface area contributed by atoms with Crippen LogP contribution in [0.2, 0.25) is 0 Å². The first-order valence-electron chi connectivity index (χ1n) is 5.54. The maximum atomic E-state index is 5.37. The topological polar surface area (TPSA) is 52.0 Å². The third-order valence-electron chi connectivity index (χ3n) is 1.96. The fraction of sp³-hybridized carbons (Fsp3) is 0.800. The molecule has 0 aromatic carbocycles. The van der Waals surface area contributed by atoms with Gasteiger partial charge in [0.25, 0.3) is 0 Å². The van der Waals surface area contributed by atoms with Crippen LogP contribution >= 0.6 is 0 Å². The van der Waals surface area contributed by atoms with Gasteiger partial charge >= 0.3 is 0 Å². The van der Waals surface area contributed by atoms with Gasteiger partial charge in [0.2, 0.25) is 0 Å². The van der Waals surface area contributed by atoms with Crippen molar-refractivity contribution < 1.29 is 4.74 Å². The number of ether oxygens (including phenoxy) is 1. The molecule has 0 spiro atoms. The van der Waals surface area contributed by atoms with Gasteiger partial charge in [-0.25, -0.2) is 4.68 Å². The maximum absolute atomic E-state index is 5.37. The molecule has 0 aliphatic carbocycles. The van der Waals surface area contributed by atoms with E-state index in [1.54, 1.807) is 0 Å². The second-order valence-electron chi connectivity index (χ2n) is 3.37. The SMILES string of the molecule is CCCOCCn1cc(CNCC)nn1. The molecule has 0 amide bonds. The van der Waals surface area contributed by atoms with Gasteiger partial charge in [0, 0.05) is 19.3 Å². The Bertz CT molecular complexity index is 262. The second-order valence-corrected chi connectivity index (χ2v) is 3.37. The van der Waals surface area contributed by atoms with Crippen LogP contribution in [0.3, 0.4) is 0 Å². The van der Waals surface area contributed by atoms with E-state index >= 15 is 0 Å². The van der Waals surface area contributed by atoms with Crippen molar-refractivity contribution in [1.82, 2.24) is 20.3 Å². The molecule has 0 fully saturated rings. The Morgan fingerprint density at radius 1 is 1.40 bits per heavy atom. The van der Waals surface area contributed by atoms with Crippen molar-refractivity contribution in [3.63, 3.8) is 0 Å². The minimum absolute atomic E-state index is 0.706. The highest BCUT2D eigenvalue weighted by Gasteiger charge is 1.99. The van der Waals surface area contributed by atoms with E-state index in [0.29, 0.717) is 6.61 Å². The van der Waals surface area contributed by atoms with Crippen LogP contribution in [0.1, 0.15) is 26.0 Å². The summed E-state index contributed by atoms with van der Waals surface area (Å²) in [5.74, 6) is 0. The van der Waals surface area contributed by atoms with Crippen molar-refractivity contribution in [2.75, 3.05) is 19.8 Å². The minimum Gasteiger partial charge on any atom is -0.380 e. The molecule has 0 atom stereocenters. The first-order valence-corrected chi connectivity index (χ1v) is 5.54. The van der Waals surface area contributed by atoms with Gasteiger partial charge in [0.15, 0.2) is 0 Å². The zero-order valence-electron chi connectivity index (χ0n) is 9.57. The van der Waals surface area contributed by atoms with E-state index in [2.05, 4.69) is 29.5 Å².